The van der Waals surface area contributed by atoms with Gasteiger partial charge in [0, 0.05) is 32.7 Å². The van der Waals surface area contributed by atoms with E-state index in [0.29, 0.717) is 13.2 Å². The Bertz CT molecular complexity index is 727. The second kappa shape index (κ2) is 9.42. The normalized spacial score (nSPS) is 16.0. The van der Waals surface area contributed by atoms with Crippen LogP contribution < -0.4 is 15.0 Å². The number of amides is 1. The van der Waals surface area contributed by atoms with E-state index in [4.69, 9.17) is 4.74 Å². The van der Waals surface area contributed by atoms with Gasteiger partial charge < -0.3 is 15.0 Å². The van der Waals surface area contributed by atoms with Gasteiger partial charge in [-0.25, -0.2) is 0 Å². The fraction of sp³-hybridized carbons (Fsp3) is 0.409. The molecule has 27 heavy (non-hydrogen) atoms. The van der Waals surface area contributed by atoms with Crippen LogP contribution in [0.1, 0.15) is 19.4 Å². The van der Waals surface area contributed by atoms with E-state index in [0.717, 1.165) is 43.2 Å². The summed E-state index contributed by atoms with van der Waals surface area (Å²) in [5, 5.41) is 3.05. The first-order valence-electron chi connectivity index (χ1n) is 9.71. The molecule has 3 rings (SSSR count). The van der Waals surface area contributed by atoms with Gasteiger partial charge in [0.1, 0.15) is 5.75 Å². The van der Waals surface area contributed by atoms with Crippen LogP contribution in [-0.2, 0) is 11.3 Å². The number of carbonyl (C=O) groups is 1. The minimum absolute atomic E-state index is 0.0852. The van der Waals surface area contributed by atoms with Gasteiger partial charge in [-0.05, 0) is 31.5 Å². The number of nitrogens with zero attached hydrogens (tertiary/aromatic N) is 2. The van der Waals surface area contributed by atoms with Crippen molar-refractivity contribution in [2.45, 2.75) is 26.4 Å². The van der Waals surface area contributed by atoms with Gasteiger partial charge in [0.05, 0.1) is 18.3 Å². The maximum atomic E-state index is 12.5. The first-order chi connectivity index (χ1) is 13.2. The molecule has 144 valence electrons. The Kier molecular flexibility index (Phi) is 6.71. The zero-order valence-corrected chi connectivity index (χ0v) is 16.2. The average molecular weight is 367 g/mol. The van der Waals surface area contributed by atoms with E-state index in [9.17, 15) is 4.79 Å². The predicted molar refractivity (Wildman–Crippen MR) is 109 cm³/mol. The zero-order chi connectivity index (χ0) is 19.1. The molecule has 0 radical (unpaired) electrons. The Hall–Kier alpha value is -2.53. The van der Waals surface area contributed by atoms with Crippen molar-refractivity contribution < 1.29 is 9.53 Å². The van der Waals surface area contributed by atoms with Crippen LogP contribution in [0.4, 0.5) is 5.69 Å². The number of rotatable bonds is 7. The number of hydrogen-bond donors (Lipinski definition) is 1. The Morgan fingerprint density at radius 1 is 1.04 bits per heavy atom. The molecule has 1 saturated heterocycles. The molecule has 1 amide bonds. The van der Waals surface area contributed by atoms with Gasteiger partial charge in [0.15, 0.2) is 0 Å². The van der Waals surface area contributed by atoms with Crippen molar-refractivity contribution in [1.82, 2.24) is 10.2 Å². The van der Waals surface area contributed by atoms with Crippen LogP contribution in [0.15, 0.2) is 54.6 Å². The van der Waals surface area contributed by atoms with E-state index < -0.39 is 0 Å². The summed E-state index contributed by atoms with van der Waals surface area (Å²) in [4.78, 5) is 17.1. The number of carbonyl (C=O) groups excluding carboxylic acids is 1. The summed E-state index contributed by atoms with van der Waals surface area (Å²) >= 11 is 0. The topological polar surface area (TPSA) is 44.8 Å². The number of anilines is 1. The molecule has 2 aromatic carbocycles. The van der Waals surface area contributed by atoms with Gasteiger partial charge in [-0.15, -0.1) is 0 Å². The fourth-order valence-corrected chi connectivity index (χ4v) is 3.44. The van der Waals surface area contributed by atoms with Crippen LogP contribution in [-0.4, -0.2) is 49.6 Å². The van der Waals surface area contributed by atoms with Crippen molar-refractivity contribution >= 4 is 11.6 Å². The largest absolute Gasteiger partial charge is 0.492 e. The van der Waals surface area contributed by atoms with E-state index in [1.807, 2.05) is 62.4 Å². The summed E-state index contributed by atoms with van der Waals surface area (Å²) < 4.78 is 5.76. The lowest BCUT2D eigenvalue weighted by Gasteiger charge is -2.39. The molecule has 1 atom stereocenters. The minimum atomic E-state index is -0.127. The molecule has 2 aromatic rings. The average Bonchev–Trinajstić information content (AvgIpc) is 2.73. The minimum Gasteiger partial charge on any atom is -0.492 e. The monoisotopic (exact) mass is 367 g/mol. The predicted octanol–water partition coefficient (Wildman–Crippen LogP) is 2.91. The summed E-state index contributed by atoms with van der Waals surface area (Å²) in [5.74, 6) is 1.02. The van der Waals surface area contributed by atoms with Crippen LogP contribution in [0.5, 0.6) is 5.75 Å². The third-order valence-corrected chi connectivity index (χ3v) is 5.06. The highest BCUT2D eigenvalue weighted by atomic mass is 16.5. The van der Waals surface area contributed by atoms with Crippen molar-refractivity contribution in [2.75, 3.05) is 37.7 Å². The molecule has 1 heterocycles. The lowest BCUT2D eigenvalue weighted by molar-refractivity contribution is -0.126. The van der Waals surface area contributed by atoms with Gasteiger partial charge in [-0.3, -0.25) is 9.69 Å². The Labute approximate surface area is 161 Å². The highest BCUT2D eigenvalue weighted by molar-refractivity contribution is 5.81. The Morgan fingerprint density at radius 2 is 1.70 bits per heavy atom. The molecule has 1 N–H and O–H groups in total. The Morgan fingerprint density at radius 3 is 2.41 bits per heavy atom. The van der Waals surface area contributed by atoms with Crippen molar-refractivity contribution in [2.24, 2.45) is 0 Å². The number of nitrogens with one attached hydrogen (secondary N) is 1. The van der Waals surface area contributed by atoms with Crippen molar-refractivity contribution in [3.05, 3.63) is 60.2 Å². The van der Waals surface area contributed by atoms with Gasteiger partial charge in [0.25, 0.3) is 0 Å². The first-order valence-corrected chi connectivity index (χ1v) is 9.71. The van der Waals surface area contributed by atoms with E-state index in [2.05, 4.69) is 21.2 Å². The summed E-state index contributed by atoms with van der Waals surface area (Å²) in [6.07, 6.45) is 0. The van der Waals surface area contributed by atoms with E-state index in [-0.39, 0.29) is 11.9 Å². The lowest BCUT2D eigenvalue weighted by Crippen LogP contribution is -2.53. The van der Waals surface area contributed by atoms with E-state index in [1.165, 1.54) is 0 Å². The molecule has 1 aliphatic rings. The molecule has 0 spiro atoms. The maximum absolute atomic E-state index is 12.5. The quantitative estimate of drug-likeness (QED) is 0.817. The van der Waals surface area contributed by atoms with Crippen LogP contribution in [0.3, 0.4) is 0 Å². The van der Waals surface area contributed by atoms with Crippen LogP contribution in [0.2, 0.25) is 0 Å². The highest BCUT2D eigenvalue weighted by Crippen LogP contribution is 2.29. The number of hydrogen-bond acceptors (Lipinski definition) is 4. The molecule has 1 unspecified atom stereocenters. The number of ether oxygens (including phenoxy) is 1. The molecular formula is C22H29N3O2. The number of para-hydroxylation sites is 2. The van der Waals surface area contributed by atoms with Crippen LogP contribution >= 0.6 is 0 Å². The molecule has 5 heteroatoms. The fourth-order valence-electron chi connectivity index (χ4n) is 3.44. The molecule has 0 saturated carbocycles. The van der Waals surface area contributed by atoms with Gasteiger partial charge in [-0.2, -0.15) is 0 Å². The molecule has 0 aromatic heterocycles. The van der Waals surface area contributed by atoms with Crippen LogP contribution in [0.25, 0.3) is 0 Å². The summed E-state index contributed by atoms with van der Waals surface area (Å²) in [7, 11) is 0. The van der Waals surface area contributed by atoms with E-state index >= 15 is 0 Å². The smallest absolute Gasteiger partial charge is 0.237 e. The number of piperazine rings is 1. The standard InChI is InChI=1S/C22H29N3O2/c1-3-27-21-12-8-7-11-20(21)25-15-13-24(14-16-25)18(2)22(26)23-17-19-9-5-4-6-10-19/h4-12,18H,3,13-17H2,1-2H3,(H,23,26). The molecular weight excluding hydrogens is 338 g/mol. The third kappa shape index (κ3) is 5.01. The van der Waals surface area contributed by atoms with Gasteiger partial charge in [-0.1, -0.05) is 42.5 Å². The SMILES string of the molecule is CCOc1ccccc1N1CCN(C(C)C(=O)NCc2ccccc2)CC1. The molecule has 0 bridgehead atoms. The van der Waals surface area contributed by atoms with Crippen molar-refractivity contribution in [3.63, 3.8) is 0 Å². The van der Waals surface area contributed by atoms with Crippen molar-refractivity contribution in [3.8, 4) is 5.75 Å². The highest BCUT2D eigenvalue weighted by Gasteiger charge is 2.26. The third-order valence-electron chi connectivity index (χ3n) is 5.06. The molecule has 1 fully saturated rings. The first kappa shape index (κ1) is 19.2. The Balaban J connectivity index is 1.52. The maximum Gasteiger partial charge on any atom is 0.237 e. The second-order valence-corrected chi connectivity index (χ2v) is 6.80. The summed E-state index contributed by atoms with van der Waals surface area (Å²) in [6.45, 7) is 8.73. The molecule has 5 nitrogen and oxygen atoms in total. The van der Waals surface area contributed by atoms with Crippen LogP contribution in [0, 0.1) is 0 Å². The molecule has 0 aliphatic carbocycles. The summed E-state index contributed by atoms with van der Waals surface area (Å²) in [5.41, 5.74) is 2.26. The van der Waals surface area contributed by atoms with E-state index in [1.54, 1.807) is 0 Å². The molecule has 1 aliphatic heterocycles. The summed E-state index contributed by atoms with van der Waals surface area (Å²) in [6, 6.07) is 18.1. The zero-order valence-electron chi connectivity index (χ0n) is 16.2. The van der Waals surface area contributed by atoms with Gasteiger partial charge in [0.2, 0.25) is 5.91 Å². The van der Waals surface area contributed by atoms with Gasteiger partial charge >= 0.3 is 0 Å². The number of benzene rings is 2. The lowest BCUT2D eigenvalue weighted by atomic mass is 10.1. The van der Waals surface area contributed by atoms with Crippen molar-refractivity contribution in [1.29, 1.82) is 0 Å². The second-order valence-electron chi connectivity index (χ2n) is 6.80.